The van der Waals surface area contributed by atoms with Gasteiger partial charge in [-0.3, -0.25) is 5.43 Å². The number of aryl methyl sites for hydroxylation is 1. The van der Waals surface area contributed by atoms with Crippen LogP contribution in [0.5, 0.6) is 0 Å². The molecule has 0 bridgehead atoms. The largest absolute Gasteiger partial charge is 0.253 e. The summed E-state index contributed by atoms with van der Waals surface area (Å²) in [6.07, 6.45) is 1.67. The second-order valence-corrected chi connectivity index (χ2v) is 5.01. The zero-order valence-electron chi connectivity index (χ0n) is 8.95. The predicted octanol–water partition coefficient (Wildman–Crippen LogP) is 4.20. The normalized spacial score (nSPS) is 11.0. The fourth-order valence-corrected chi connectivity index (χ4v) is 2.10. The third-order valence-electron chi connectivity index (χ3n) is 1.94. The molecule has 1 aromatic heterocycles. The summed E-state index contributed by atoms with van der Waals surface area (Å²) in [5.41, 5.74) is 4.70. The zero-order valence-corrected chi connectivity index (χ0v) is 11.3. The number of hydrogen-bond acceptors (Lipinski definition) is 4. The molecule has 1 N–H and O–H groups in total. The zero-order chi connectivity index (χ0) is 12.3. The van der Waals surface area contributed by atoms with Gasteiger partial charge in [0.15, 0.2) is 0 Å². The molecule has 0 spiro atoms. The maximum Gasteiger partial charge on any atom is 0.203 e. The van der Waals surface area contributed by atoms with E-state index in [9.17, 15) is 0 Å². The molecule has 17 heavy (non-hydrogen) atoms. The average molecular weight is 286 g/mol. The first-order chi connectivity index (χ1) is 8.15. The van der Waals surface area contributed by atoms with Crippen molar-refractivity contribution in [3.63, 3.8) is 0 Å². The number of rotatable bonds is 3. The average Bonchev–Trinajstić information content (AvgIpc) is 2.70. The van der Waals surface area contributed by atoms with E-state index >= 15 is 0 Å². The SMILES string of the molecule is Cc1csc(N/N=C/c2ccc(Cl)c(Cl)c2)n1. The lowest BCUT2D eigenvalue weighted by Crippen LogP contribution is -1.90. The minimum absolute atomic E-state index is 0.515. The van der Waals surface area contributed by atoms with Gasteiger partial charge in [-0.1, -0.05) is 29.3 Å². The van der Waals surface area contributed by atoms with Gasteiger partial charge in [-0.05, 0) is 24.6 Å². The molecule has 0 unspecified atom stereocenters. The molecule has 0 atom stereocenters. The first-order valence-corrected chi connectivity index (χ1v) is 6.45. The topological polar surface area (TPSA) is 37.3 Å². The molecule has 0 aliphatic heterocycles. The number of hydrazone groups is 1. The molecule has 0 aliphatic rings. The van der Waals surface area contributed by atoms with E-state index in [-0.39, 0.29) is 0 Å². The molecule has 3 nitrogen and oxygen atoms in total. The molecule has 1 heterocycles. The number of nitrogens with one attached hydrogen (secondary N) is 1. The summed E-state index contributed by atoms with van der Waals surface area (Å²) in [7, 11) is 0. The van der Waals surface area contributed by atoms with Crippen molar-refractivity contribution in [2.24, 2.45) is 5.10 Å². The maximum atomic E-state index is 5.89. The lowest BCUT2D eigenvalue weighted by molar-refractivity contribution is 1.22. The van der Waals surface area contributed by atoms with Crippen molar-refractivity contribution in [3.8, 4) is 0 Å². The van der Waals surface area contributed by atoms with Crippen LogP contribution in [0.4, 0.5) is 5.13 Å². The number of nitrogens with zero attached hydrogens (tertiary/aromatic N) is 2. The third-order valence-corrected chi connectivity index (χ3v) is 3.54. The number of thiazole rings is 1. The lowest BCUT2D eigenvalue weighted by atomic mass is 10.2. The van der Waals surface area contributed by atoms with Gasteiger partial charge < -0.3 is 0 Å². The number of benzene rings is 1. The minimum atomic E-state index is 0.515. The second kappa shape index (κ2) is 5.49. The van der Waals surface area contributed by atoms with Crippen molar-refractivity contribution in [1.82, 2.24) is 4.98 Å². The van der Waals surface area contributed by atoms with Gasteiger partial charge in [0, 0.05) is 5.38 Å². The standard InChI is InChI=1S/C11H9Cl2N3S/c1-7-6-17-11(15-7)16-14-5-8-2-3-9(12)10(13)4-8/h2-6H,1H3,(H,15,16)/b14-5+. The molecule has 6 heteroatoms. The number of aromatic nitrogens is 1. The molecule has 2 rings (SSSR count). The highest BCUT2D eigenvalue weighted by Crippen LogP contribution is 2.21. The van der Waals surface area contributed by atoms with E-state index in [4.69, 9.17) is 23.2 Å². The molecule has 0 aliphatic carbocycles. The molecule has 0 radical (unpaired) electrons. The van der Waals surface area contributed by atoms with Crippen molar-refractivity contribution < 1.29 is 0 Å². The van der Waals surface area contributed by atoms with Crippen molar-refractivity contribution in [1.29, 1.82) is 0 Å². The van der Waals surface area contributed by atoms with Crippen LogP contribution in [0.3, 0.4) is 0 Å². The summed E-state index contributed by atoms with van der Waals surface area (Å²) in [5.74, 6) is 0. The molecule has 1 aromatic carbocycles. The molecule has 2 aromatic rings. The van der Waals surface area contributed by atoms with Crippen LogP contribution in [0.2, 0.25) is 10.0 Å². The molecule has 0 amide bonds. The number of halogens is 2. The highest BCUT2D eigenvalue weighted by atomic mass is 35.5. The van der Waals surface area contributed by atoms with Crippen LogP contribution in [0.1, 0.15) is 11.3 Å². The van der Waals surface area contributed by atoms with Crippen LogP contribution in [-0.4, -0.2) is 11.2 Å². The monoisotopic (exact) mass is 285 g/mol. The summed E-state index contributed by atoms with van der Waals surface area (Å²) in [6.45, 7) is 1.93. The molecule has 88 valence electrons. The van der Waals surface area contributed by atoms with Crippen LogP contribution in [0.25, 0.3) is 0 Å². The number of anilines is 1. The van der Waals surface area contributed by atoms with Gasteiger partial charge in [0.05, 0.1) is 22.0 Å². The van der Waals surface area contributed by atoms with E-state index in [0.29, 0.717) is 10.0 Å². The van der Waals surface area contributed by atoms with E-state index in [2.05, 4.69) is 15.5 Å². The molecule has 0 saturated heterocycles. The van der Waals surface area contributed by atoms with Gasteiger partial charge in [0.2, 0.25) is 5.13 Å². The number of hydrogen-bond donors (Lipinski definition) is 1. The maximum absolute atomic E-state index is 5.89. The summed E-state index contributed by atoms with van der Waals surface area (Å²) in [4.78, 5) is 4.22. The Labute approximate surface area is 113 Å². The third kappa shape index (κ3) is 3.43. The summed E-state index contributed by atoms with van der Waals surface area (Å²) < 4.78 is 0. The highest BCUT2D eigenvalue weighted by Gasteiger charge is 1.97. The van der Waals surface area contributed by atoms with Gasteiger partial charge in [-0.2, -0.15) is 5.10 Å². The Balaban J connectivity index is 2.03. The van der Waals surface area contributed by atoms with Gasteiger partial charge >= 0.3 is 0 Å². The Morgan fingerprint density at radius 2 is 2.18 bits per heavy atom. The summed E-state index contributed by atoms with van der Waals surface area (Å²) in [6, 6.07) is 5.33. The Hall–Kier alpha value is -1.10. The van der Waals surface area contributed by atoms with Gasteiger partial charge in [0.1, 0.15) is 0 Å². The van der Waals surface area contributed by atoms with Crippen LogP contribution >= 0.6 is 34.5 Å². The first-order valence-electron chi connectivity index (χ1n) is 4.81. The van der Waals surface area contributed by atoms with E-state index in [1.807, 2.05) is 18.4 Å². The summed E-state index contributed by atoms with van der Waals surface area (Å²) >= 11 is 13.2. The van der Waals surface area contributed by atoms with E-state index in [0.717, 1.165) is 16.4 Å². The molecule has 0 saturated carbocycles. The molecular weight excluding hydrogens is 277 g/mol. The van der Waals surface area contributed by atoms with Crippen LogP contribution in [0.15, 0.2) is 28.7 Å². The molecular formula is C11H9Cl2N3S. The van der Waals surface area contributed by atoms with Crippen molar-refractivity contribution in [3.05, 3.63) is 44.9 Å². The van der Waals surface area contributed by atoms with E-state index in [1.54, 1.807) is 18.3 Å². The Kier molecular flexibility index (Phi) is 3.99. The predicted molar refractivity (Wildman–Crippen MR) is 74.5 cm³/mol. The van der Waals surface area contributed by atoms with Crippen molar-refractivity contribution >= 4 is 45.9 Å². The lowest BCUT2D eigenvalue weighted by Gasteiger charge is -1.97. The van der Waals surface area contributed by atoms with Gasteiger partial charge in [-0.15, -0.1) is 11.3 Å². The van der Waals surface area contributed by atoms with Crippen LogP contribution < -0.4 is 5.43 Å². The molecule has 0 fully saturated rings. The smallest absolute Gasteiger partial charge is 0.203 e. The Morgan fingerprint density at radius 1 is 1.35 bits per heavy atom. The Morgan fingerprint density at radius 3 is 2.82 bits per heavy atom. The second-order valence-electron chi connectivity index (χ2n) is 3.34. The minimum Gasteiger partial charge on any atom is -0.253 e. The quantitative estimate of drug-likeness (QED) is 0.678. The van der Waals surface area contributed by atoms with Crippen LogP contribution in [-0.2, 0) is 0 Å². The van der Waals surface area contributed by atoms with Crippen LogP contribution in [0, 0.1) is 6.92 Å². The highest BCUT2D eigenvalue weighted by molar-refractivity contribution is 7.13. The van der Waals surface area contributed by atoms with Crippen molar-refractivity contribution in [2.75, 3.05) is 5.43 Å². The first kappa shape index (κ1) is 12.4. The van der Waals surface area contributed by atoms with Crippen molar-refractivity contribution in [2.45, 2.75) is 6.92 Å². The van der Waals surface area contributed by atoms with E-state index < -0.39 is 0 Å². The van der Waals surface area contributed by atoms with E-state index in [1.165, 1.54) is 11.3 Å². The summed E-state index contributed by atoms with van der Waals surface area (Å²) in [5, 5.41) is 7.83. The fraction of sp³-hybridized carbons (Fsp3) is 0.0909. The van der Waals surface area contributed by atoms with Gasteiger partial charge in [-0.25, -0.2) is 4.98 Å². The van der Waals surface area contributed by atoms with Gasteiger partial charge in [0.25, 0.3) is 0 Å². The fourth-order valence-electron chi connectivity index (χ4n) is 1.16. The Bertz CT molecular complexity index is 551.